The zero-order valence-corrected chi connectivity index (χ0v) is 49.2. The fourth-order valence-electron chi connectivity index (χ4n) is 12.2. The molecule has 0 saturated carbocycles. The van der Waals surface area contributed by atoms with Gasteiger partial charge in [0.1, 0.15) is 23.4 Å². The molecule has 22 heteroatoms. The van der Waals surface area contributed by atoms with E-state index in [1.54, 1.807) is 45.3 Å². The SMILES string of the molecule is CC[C@@H]1OC(=O)[C@H](C)[C@H](O[C@@H]2C[C@](C)(OC)[C@H](OC(=O)CCNCCSc3ccc4c(c3)c(=O)c(C(=O)O)cn4CC)[C@H](C)O2)[C@@H](C)[C@H](O[C@@H]2O[C@H](C)C[C@H](N(C)C)[C@@H]2O)[C@](C)(O)C[C@H](C)CN(C)[C@@H](C)[C@@H]2OC(=O)O[C@@]12C. The van der Waals surface area contributed by atoms with Crippen molar-refractivity contribution < 1.29 is 77.1 Å². The summed E-state index contributed by atoms with van der Waals surface area (Å²) in [6.45, 7) is 21.8. The summed E-state index contributed by atoms with van der Waals surface area (Å²) in [5.41, 5.74) is -4.30. The summed E-state index contributed by atoms with van der Waals surface area (Å²) in [4.78, 5) is 70.7. The number of rotatable bonds is 17. The van der Waals surface area contributed by atoms with E-state index in [2.05, 4.69) is 5.32 Å². The van der Waals surface area contributed by atoms with E-state index in [-0.39, 0.29) is 49.3 Å². The second kappa shape index (κ2) is 26.3. The predicted molar refractivity (Wildman–Crippen MR) is 290 cm³/mol. The largest absolute Gasteiger partial charge is 0.509 e. The lowest BCUT2D eigenvalue weighted by molar-refractivity contribution is -0.318. The minimum atomic E-state index is -1.63. The van der Waals surface area contributed by atoms with Gasteiger partial charge in [-0.1, -0.05) is 20.8 Å². The fraction of sp³-hybridized carbons (Fsp3) is 0.768. The molecule has 440 valence electrons. The van der Waals surface area contributed by atoms with Crippen molar-refractivity contribution in [2.75, 3.05) is 53.6 Å². The van der Waals surface area contributed by atoms with Gasteiger partial charge in [0.2, 0.25) is 5.43 Å². The van der Waals surface area contributed by atoms with Crippen LogP contribution >= 0.6 is 11.8 Å². The summed E-state index contributed by atoms with van der Waals surface area (Å²) < 4.78 is 58.7. The Morgan fingerprint density at radius 3 is 2.31 bits per heavy atom. The number of benzene rings is 1. The van der Waals surface area contributed by atoms with E-state index in [0.717, 1.165) is 4.90 Å². The van der Waals surface area contributed by atoms with E-state index in [0.29, 0.717) is 49.3 Å². The summed E-state index contributed by atoms with van der Waals surface area (Å²) in [5.74, 6) is -3.91. The molecule has 0 spiro atoms. The molecule has 0 radical (unpaired) electrons. The molecule has 4 fully saturated rings. The number of carboxylic acid groups (broad SMARTS) is 1. The highest BCUT2D eigenvalue weighted by molar-refractivity contribution is 7.99. The third-order valence-corrected chi connectivity index (χ3v) is 17.6. The molecular weight excluding hydrogens is 1030 g/mol. The highest BCUT2D eigenvalue weighted by atomic mass is 32.2. The number of ether oxygens (including phenoxy) is 9. The Bertz CT molecular complexity index is 2460. The van der Waals surface area contributed by atoms with Crippen LogP contribution in [-0.2, 0) is 58.8 Å². The molecule has 5 heterocycles. The first kappa shape index (κ1) is 63.2. The number of hydrogen-bond acceptors (Lipinski definition) is 20. The number of carboxylic acids is 1. The first-order valence-electron chi connectivity index (χ1n) is 27.6. The Balaban J connectivity index is 1.20. The number of thioether (sulfide) groups is 1. The van der Waals surface area contributed by atoms with E-state index in [1.807, 2.05) is 84.6 Å². The number of nitrogens with zero attached hydrogens (tertiary/aromatic N) is 3. The van der Waals surface area contributed by atoms with Crippen molar-refractivity contribution in [3.05, 3.63) is 40.2 Å². The number of nitrogens with one attached hydrogen (secondary N) is 1. The van der Waals surface area contributed by atoms with Gasteiger partial charge in [0, 0.05) is 79.9 Å². The molecule has 6 rings (SSSR count). The Morgan fingerprint density at radius 1 is 0.962 bits per heavy atom. The molecule has 4 N–H and O–H groups in total. The van der Waals surface area contributed by atoms with Gasteiger partial charge in [0.05, 0.1) is 47.9 Å². The number of carbonyl (C=O) groups excluding carboxylic acids is 3. The van der Waals surface area contributed by atoms with Crippen molar-refractivity contribution in [2.24, 2.45) is 17.8 Å². The zero-order chi connectivity index (χ0) is 57.8. The smallest absolute Gasteiger partial charge is 0.477 e. The number of aryl methyl sites for hydroxylation is 1. The molecular formula is C56H88N4O17S. The molecule has 78 heavy (non-hydrogen) atoms. The molecule has 1 aromatic heterocycles. The van der Waals surface area contributed by atoms with Crippen LogP contribution in [-0.4, -0.2) is 198 Å². The average molecular weight is 1120 g/mol. The van der Waals surface area contributed by atoms with Gasteiger partial charge in [-0.25, -0.2) is 9.59 Å². The number of likely N-dealkylation sites (N-methyl/N-ethyl adjacent to an activating group) is 2. The first-order valence-corrected chi connectivity index (χ1v) is 28.6. The van der Waals surface area contributed by atoms with Crippen LogP contribution in [0.15, 0.2) is 34.1 Å². The van der Waals surface area contributed by atoms with E-state index in [9.17, 15) is 39.3 Å². The van der Waals surface area contributed by atoms with Crippen molar-refractivity contribution >= 4 is 46.7 Å². The number of fused-ring (bicyclic) bond motifs is 2. The van der Waals surface area contributed by atoms with Crippen LogP contribution in [0.1, 0.15) is 119 Å². The lowest BCUT2D eigenvalue weighted by atomic mass is 9.77. The molecule has 21 nitrogen and oxygen atoms in total. The quantitative estimate of drug-likeness (QED) is 0.0666. The number of cyclic esters (lactones) is 1. The number of pyridine rings is 1. The van der Waals surface area contributed by atoms with Crippen LogP contribution in [0.5, 0.6) is 0 Å². The number of aromatic carboxylic acids is 1. The van der Waals surface area contributed by atoms with Gasteiger partial charge in [-0.05, 0) is 120 Å². The van der Waals surface area contributed by atoms with Gasteiger partial charge in [-0.2, -0.15) is 0 Å². The van der Waals surface area contributed by atoms with E-state index in [4.69, 9.17) is 42.6 Å². The normalized spacial score (nSPS) is 37.4. The van der Waals surface area contributed by atoms with Crippen LogP contribution < -0.4 is 10.7 Å². The van der Waals surface area contributed by atoms with Gasteiger partial charge >= 0.3 is 24.1 Å². The maximum atomic E-state index is 14.8. The summed E-state index contributed by atoms with van der Waals surface area (Å²) in [6, 6.07) is 4.71. The molecule has 0 aliphatic carbocycles. The van der Waals surface area contributed by atoms with Crippen LogP contribution in [0.25, 0.3) is 10.9 Å². The van der Waals surface area contributed by atoms with Crippen molar-refractivity contribution in [1.82, 2.24) is 19.7 Å². The van der Waals surface area contributed by atoms with Crippen molar-refractivity contribution in [1.29, 1.82) is 0 Å². The molecule has 1 aromatic carbocycles. The highest BCUT2D eigenvalue weighted by Gasteiger charge is 2.58. The molecule has 4 aliphatic rings. The number of esters is 2. The zero-order valence-electron chi connectivity index (χ0n) is 48.3. The number of hydrogen-bond donors (Lipinski definition) is 4. The van der Waals surface area contributed by atoms with Gasteiger partial charge in [0.15, 0.2) is 30.4 Å². The Morgan fingerprint density at radius 2 is 1.67 bits per heavy atom. The van der Waals surface area contributed by atoms with Crippen LogP contribution in [0.2, 0.25) is 0 Å². The van der Waals surface area contributed by atoms with Crippen molar-refractivity contribution in [3.8, 4) is 0 Å². The van der Waals surface area contributed by atoms with E-state index < -0.39 is 119 Å². The summed E-state index contributed by atoms with van der Waals surface area (Å²) >= 11 is 1.49. The number of methoxy groups -OCH3 is 1. The lowest BCUT2D eigenvalue weighted by Gasteiger charge is -2.49. The lowest BCUT2D eigenvalue weighted by Crippen LogP contribution is -2.61. The number of aromatic nitrogens is 1. The van der Waals surface area contributed by atoms with E-state index >= 15 is 0 Å². The second-order valence-electron chi connectivity index (χ2n) is 23.0. The minimum Gasteiger partial charge on any atom is -0.477 e. The molecule has 0 unspecified atom stereocenters. The van der Waals surface area contributed by atoms with Gasteiger partial charge in [-0.3, -0.25) is 19.3 Å². The van der Waals surface area contributed by atoms with Crippen molar-refractivity contribution in [3.63, 3.8) is 0 Å². The van der Waals surface area contributed by atoms with Gasteiger partial charge in [-0.15, -0.1) is 11.8 Å². The Kier molecular flexibility index (Phi) is 21.3. The molecule has 0 amide bonds. The highest BCUT2D eigenvalue weighted by Crippen LogP contribution is 2.42. The molecule has 4 aliphatic heterocycles. The van der Waals surface area contributed by atoms with Gasteiger partial charge in [0.25, 0.3) is 0 Å². The number of aliphatic hydroxyl groups is 2. The number of aliphatic hydroxyl groups excluding tert-OH is 1. The van der Waals surface area contributed by atoms with Crippen molar-refractivity contribution in [2.45, 2.75) is 210 Å². The third kappa shape index (κ3) is 14.2. The molecule has 4 saturated heterocycles. The Labute approximate surface area is 463 Å². The topological polar surface area (TPSA) is 253 Å². The standard InChI is InChI=1S/C56H88N4O17S/c1-16-41-56(11)48(76-53(67)77-56)34(7)59(14)28-30(3)26-54(9,68)47(75-52-45(63)40(58(12)13)24-31(4)70-52)32(5)46(33(6)51(66)72-41)74-43-27-55(10,69-15)49(35(8)71-43)73-42(61)20-21-57-22-23-78-36-18-19-39-37(25-36)44(62)38(50(64)65)29-60(39)17-2/h18-19,25,29-35,40-41,43,45-49,52,57,63,68H,16-17,20-24,26-28H2,1-15H3,(H,64,65)/t30-,31+,32+,33+,34-,35-,40-,41-,43+,45-,46+,47-,48-,49+,52-,54+,55-,56-/m0/s1. The van der Waals surface area contributed by atoms with E-state index in [1.165, 1.54) is 25.1 Å². The monoisotopic (exact) mass is 1120 g/mol. The molecule has 18 atom stereocenters. The summed E-state index contributed by atoms with van der Waals surface area (Å²) in [6.07, 6.45) is -7.66. The predicted octanol–water partition coefficient (Wildman–Crippen LogP) is 5.44. The van der Waals surface area contributed by atoms with Gasteiger partial charge < -0.3 is 72.7 Å². The summed E-state index contributed by atoms with van der Waals surface area (Å²) in [5, 5.41) is 37.8. The number of carbonyl (C=O) groups is 4. The maximum absolute atomic E-state index is 14.8. The summed E-state index contributed by atoms with van der Waals surface area (Å²) in [7, 11) is 7.17. The fourth-order valence-corrected chi connectivity index (χ4v) is 13.0. The molecule has 2 aromatic rings. The third-order valence-electron chi connectivity index (χ3n) is 16.6. The maximum Gasteiger partial charge on any atom is 0.509 e. The Hall–Kier alpha value is -3.94. The molecule has 0 bridgehead atoms. The first-order chi connectivity index (χ1) is 36.6. The average Bonchev–Trinajstić information content (AvgIpc) is 3.73. The van der Waals surface area contributed by atoms with Crippen LogP contribution in [0.4, 0.5) is 4.79 Å². The second-order valence-corrected chi connectivity index (χ2v) is 24.2. The van der Waals surface area contributed by atoms with Crippen LogP contribution in [0.3, 0.4) is 0 Å². The minimum absolute atomic E-state index is 0.0315. The van der Waals surface area contributed by atoms with Crippen LogP contribution in [0, 0.1) is 17.8 Å².